The Bertz CT molecular complexity index is 279. The van der Waals surface area contributed by atoms with E-state index in [1.807, 2.05) is 24.7 Å². The van der Waals surface area contributed by atoms with Crippen molar-refractivity contribution in [1.29, 1.82) is 0 Å². The predicted octanol–water partition coefficient (Wildman–Crippen LogP) is 0.807. The van der Waals surface area contributed by atoms with Crippen molar-refractivity contribution in [3.8, 4) is 0 Å². The van der Waals surface area contributed by atoms with Crippen molar-refractivity contribution in [2.75, 3.05) is 0 Å². The smallest absolute Gasteiger partial charge is 0.102 e. The number of hydrogen-bond acceptors (Lipinski definition) is 3. The fourth-order valence-electron chi connectivity index (χ4n) is 1.09. The van der Waals surface area contributed by atoms with Gasteiger partial charge in [-0.05, 0) is 26.7 Å². The van der Waals surface area contributed by atoms with E-state index in [1.54, 1.807) is 0 Å². The first-order chi connectivity index (χ1) is 5.57. The zero-order chi connectivity index (χ0) is 8.77. The summed E-state index contributed by atoms with van der Waals surface area (Å²) in [4.78, 5) is 0. The maximum Gasteiger partial charge on any atom is 0.102 e. The Hall–Kier alpha value is -0.900. The first-order valence-electron chi connectivity index (χ1n) is 4.28. The Labute approximate surface area is 71.8 Å². The number of hydrogen-bond donors (Lipinski definition) is 1. The topological polar surface area (TPSA) is 56.7 Å². The van der Waals surface area contributed by atoms with Crippen LogP contribution >= 0.6 is 0 Å². The van der Waals surface area contributed by atoms with Crippen LogP contribution < -0.4 is 5.73 Å². The maximum absolute atomic E-state index is 5.87. The van der Waals surface area contributed by atoms with Crippen LogP contribution in [-0.4, -0.2) is 15.0 Å². The lowest BCUT2D eigenvalue weighted by molar-refractivity contribution is 0.533. The van der Waals surface area contributed by atoms with Gasteiger partial charge >= 0.3 is 0 Å². The molecule has 0 bridgehead atoms. The molecule has 1 aliphatic rings. The van der Waals surface area contributed by atoms with E-state index in [-0.39, 0.29) is 5.54 Å². The monoisotopic (exact) mass is 166 g/mol. The Kier molecular flexibility index (Phi) is 1.48. The summed E-state index contributed by atoms with van der Waals surface area (Å²) < 4.78 is 1.92. The molecule has 0 saturated heterocycles. The molecule has 2 rings (SSSR count). The fraction of sp³-hybridized carbons (Fsp3) is 0.750. The van der Waals surface area contributed by atoms with Crippen molar-refractivity contribution in [2.45, 2.75) is 38.3 Å². The lowest BCUT2D eigenvalue weighted by Crippen LogP contribution is -2.29. The summed E-state index contributed by atoms with van der Waals surface area (Å²) in [7, 11) is 0. The van der Waals surface area contributed by atoms with E-state index >= 15 is 0 Å². The second-order valence-corrected chi connectivity index (χ2v) is 4.04. The molecule has 1 saturated carbocycles. The highest BCUT2D eigenvalue weighted by Crippen LogP contribution is 2.34. The fourth-order valence-corrected chi connectivity index (χ4v) is 1.09. The Morgan fingerprint density at radius 2 is 2.25 bits per heavy atom. The maximum atomic E-state index is 5.87. The molecule has 0 amide bonds. The summed E-state index contributed by atoms with van der Waals surface area (Å²) in [6, 6.07) is 0.591. The normalized spacial score (nSPS) is 18.2. The molecule has 0 aliphatic heterocycles. The van der Waals surface area contributed by atoms with E-state index < -0.39 is 0 Å². The van der Waals surface area contributed by atoms with Crippen molar-refractivity contribution >= 4 is 0 Å². The van der Waals surface area contributed by atoms with E-state index in [9.17, 15) is 0 Å². The molecule has 4 nitrogen and oxygen atoms in total. The minimum absolute atomic E-state index is 0.368. The van der Waals surface area contributed by atoms with Gasteiger partial charge < -0.3 is 5.73 Å². The molecule has 0 aromatic carbocycles. The molecule has 1 fully saturated rings. The van der Waals surface area contributed by atoms with E-state index in [0.29, 0.717) is 6.04 Å². The first kappa shape index (κ1) is 7.73. The van der Waals surface area contributed by atoms with Gasteiger partial charge in [0.2, 0.25) is 0 Å². The molecule has 2 N–H and O–H groups in total. The summed E-state index contributed by atoms with van der Waals surface area (Å²) in [5, 5.41) is 8.07. The van der Waals surface area contributed by atoms with Crippen molar-refractivity contribution < 1.29 is 0 Å². The van der Waals surface area contributed by atoms with Crippen LogP contribution in [0.5, 0.6) is 0 Å². The molecule has 1 aliphatic carbocycles. The van der Waals surface area contributed by atoms with Gasteiger partial charge in [0, 0.05) is 0 Å². The highest BCUT2D eigenvalue weighted by atomic mass is 15.4. The third-order valence-electron chi connectivity index (χ3n) is 2.09. The number of rotatable bonds is 2. The second-order valence-electron chi connectivity index (χ2n) is 4.04. The van der Waals surface area contributed by atoms with Crippen LogP contribution in [0.4, 0.5) is 0 Å². The number of nitrogens with zero attached hydrogens (tertiary/aromatic N) is 3. The highest BCUT2D eigenvalue weighted by Gasteiger charge is 2.27. The Morgan fingerprint density at radius 3 is 2.67 bits per heavy atom. The standard InChI is InChI=1S/C8H14N4/c1-8(2,9)7-5-12(11-10-7)6-3-4-6/h5-6H,3-4,9H2,1-2H3. The third-order valence-corrected chi connectivity index (χ3v) is 2.09. The van der Waals surface area contributed by atoms with Gasteiger partial charge in [-0.2, -0.15) is 0 Å². The van der Waals surface area contributed by atoms with Crippen molar-refractivity contribution in [2.24, 2.45) is 5.73 Å². The molecule has 0 atom stereocenters. The Morgan fingerprint density at radius 1 is 1.58 bits per heavy atom. The predicted molar refractivity (Wildman–Crippen MR) is 45.5 cm³/mol. The highest BCUT2D eigenvalue weighted by molar-refractivity contribution is 5.06. The van der Waals surface area contributed by atoms with Gasteiger partial charge in [0.25, 0.3) is 0 Å². The van der Waals surface area contributed by atoms with Crippen molar-refractivity contribution in [3.05, 3.63) is 11.9 Å². The van der Waals surface area contributed by atoms with E-state index in [0.717, 1.165) is 5.69 Å². The van der Waals surface area contributed by atoms with Gasteiger partial charge in [0.15, 0.2) is 0 Å². The molecule has 0 spiro atoms. The third kappa shape index (κ3) is 1.34. The average molecular weight is 166 g/mol. The van der Waals surface area contributed by atoms with Crippen LogP contribution in [0.25, 0.3) is 0 Å². The van der Waals surface area contributed by atoms with Crippen LogP contribution in [-0.2, 0) is 5.54 Å². The Balaban J connectivity index is 2.23. The van der Waals surface area contributed by atoms with Crippen LogP contribution in [0.15, 0.2) is 6.20 Å². The number of nitrogens with two attached hydrogens (primary N) is 1. The molecule has 0 unspecified atom stereocenters. The first-order valence-corrected chi connectivity index (χ1v) is 4.28. The van der Waals surface area contributed by atoms with E-state index in [4.69, 9.17) is 5.73 Å². The van der Waals surface area contributed by atoms with Gasteiger partial charge in [-0.25, -0.2) is 4.68 Å². The van der Waals surface area contributed by atoms with E-state index in [2.05, 4.69) is 10.3 Å². The van der Waals surface area contributed by atoms with E-state index in [1.165, 1.54) is 12.8 Å². The molecule has 4 heteroatoms. The minimum Gasteiger partial charge on any atom is -0.320 e. The average Bonchev–Trinajstić information content (AvgIpc) is 2.66. The summed E-state index contributed by atoms with van der Waals surface area (Å²) in [5.74, 6) is 0. The van der Waals surface area contributed by atoms with Crippen molar-refractivity contribution in [1.82, 2.24) is 15.0 Å². The second kappa shape index (κ2) is 2.29. The van der Waals surface area contributed by atoms with Crippen LogP contribution in [0.1, 0.15) is 38.4 Å². The van der Waals surface area contributed by atoms with Crippen LogP contribution in [0.2, 0.25) is 0 Å². The van der Waals surface area contributed by atoms with Gasteiger partial charge in [0.05, 0.1) is 17.8 Å². The van der Waals surface area contributed by atoms with Crippen molar-refractivity contribution in [3.63, 3.8) is 0 Å². The van der Waals surface area contributed by atoms with Gasteiger partial charge in [-0.3, -0.25) is 0 Å². The molecule has 1 heterocycles. The molecule has 1 aromatic rings. The molecule has 1 aromatic heterocycles. The summed E-state index contributed by atoms with van der Waals surface area (Å²) in [5.41, 5.74) is 6.38. The molecular formula is C8H14N4. The molecule has 12 heavy (non-hydrogen) atoms. The lowest BCUT2D eigenvalue weighted by atomic mass is 10.0. The molecule has 66 valence electrons. The van der Waals surface area contributed by atoms with Crippen LogP contribution in [0, 0.1) is 0 Å². The zero-order valence-corrected chi connectivity index (χ0v) is 7.49. The summed E-state index contributed by atoms with van der Waals surface area (Å²) in [6.45, 7) is 3.88. The van der Waals surface area contributed by atoms with Crippen LogP contribution in [0.3, 0.4) is 0 Å². The van der Waals surface area contributed by atoms with Gasteiger partial charge in [-0.1, -0.05) is 5.21 Å². The molecule has 0 radical (unpaired) electrons. The summed E-state index contributed by atoms with van der Waals surface area (Å²) >= 11 is 0. The van der Waals surface area contributed by atoms with Gasteiger partial charge in [-0.15, -0.1) is 5.10 Å². The zero-order valence-electron chi connectivity index (χ0n) is 7.49. The summed E-state index contributed by atoms with van der Waals surface area (Å²) in [6.07, 6.45) is 4.42. The largest absolute Gasteiger partial charge is 0.320 e. The number of aromatic nitrogens is 3. The van der Waals surface area contributed by atoms with Gasteiger partial charge in [0.1, 0.15) is 5.69 Å². The lowest BCUT2D eigenvalue weighted by Gasteiger charge is -2.13. The minimum atomic E-state index is -0.368. The SMILES string of the molecule is CC(C)(N)c1cn(C2CC2)nn1. The molecular weight excluding hydrogens is 152 g/mol. The quantitative estimate of drug-likeness (QED) is 0.707.